The molecular formula is C11H24N4. The average Bonchev–Trinajstić information content (AvgIpc) is 2.25. The van der Waals surface area contributed by atoms with Crippen LogP contribution in [0.25, 0.3) is 0 Å². The number of piperidine rings is 1. The molecule has 0 aromatic rings. The van der Waals surface area contributed by atoms with E-state index in [2.05, 4.69) is 40.8 Å². The van der Waals surface area contributed by atoms with Gasteiger partial charge in [-0.05, 0) is 33.1 Å². The Hall–Kier alpha value is -0.580. The van der Waals surface area contributed by atoms with E-state index in [1.165, 1.54) is 12.8 Å². The Morgan fingerprint density at radius 1 is 1.33 bits per heavy atom. The predicted molar refractivity (Wildman–Crippen MR) is 64.5 cm³/mol. The highest BCUT2D eigenvalue weighted by molar-refractivity contribution is 4.81. The Morgan fingerprint density at radius 2 is 2.00 bits per heavy atom. The van der Waals surface area contributed by atoms with Crippen LogP contribution >= 0.6 is 0 Å². The highest BCUT2D eigenvalue weighted by Crippen LogP contribution is 2.11. The highest BCUT2D eigenvalue weighted by Gasteiger charge is 2.19. The summed E-state index contributed by atoms with van der Waals surface area (Å²) in [6.07, 6.45) is 6.57. The van der Waals surface area contributed by atoms with Crippen molar-refractivity contribution in [2.45, 2.75) is 18.9 Å². The smallest absolute Gasteiger partial charge is 0.0300 e. The van der Waals surface area contributed by atoms with Gasteiger partial charge in [0.2, 0.25) is 0 Å². The highest BCUT2D eigenvalue weighted by atomic mass is 15.5. The lowest BCUT2D eigenvalue weighted by Crippen LogP contribution is -2.48. The van der Waals surface area contributed by atoms with Crippen LogP contribution in [0, 0.1) is 0 Å². The van der Waals surface area contributed by atoms with E-state index < -0.39 is 0 Å². The lowest BCUT2D eigenvalue weighted by atomic mass is 10.1. The van der Waals surface area contributed by atoms with E-state index in [0.717, 1.165) is 25.7 Å². The van der Waals surface area contributed by atoms with Crippen LogP contribution in [0.3, 0.4) is 0 Å². The molecule has 0 unspecified atom stereocenters. The molecule has 1 fully saturated rings. The van der Waals surface area contributed by atoms with E-state index in [1.54, 1.807) is 0 Å². The fraction of sp³-hybridized carbons (Fsp3) is 0.818. The molecule has 0 aromatic heterocycles. The van der Waals surface area contributed by atoms with Crippen LogP contribution in [0.5, 0.6) is 0 Å². The zero-order valence-corrected chi connectivity index (χ0v) is 10.2. The van der Waals surface area contributed by atoms with Crippen LogP contribution in [0.4, 0.5) is 0 Å². The van der Waals surface area contributed by atoms with Gasteiger partial charge in [-0.15, -0.1) is 0 Å². The van der Waals surface area contributed by atoms with Crippen LogP contribution in [0.1, 0.15) is 12.8 Å². The van der Waals surface area contributed by atoms with E-state index in [-0.39, 0.29) is 0 Å². The SMILES string of the molecule is CN/C=C\CNN1CCC(N(C)C)CC1. The van der Waals surface area contributed by atoms with Crippen molar-refractivity contribution in [2.75, 3.05) is 40.8 Å². The van der Waals surface area contributed by atoms with Gasteiger partial charge in [0, 0.05) is 32.7 Å². The second-order valence-corrected chi connectivity index (χ2v) is 4.24. The van der Waals surface area contributed by atoms with Gasteiger partial charge in [-0.25, -0.2) is 5.01 Å². The Morgan fingerprint density at radius 3 is 2.53 bits per heavy atom. The van der Waals surface area contributed by atoms with E-state index >= 15 is 0 Å². The van der Waals surface area contributed by atoms with Crippen molar-refractivity contribution in [2.24, 2.45) is 0 Å². The Kier molecular flexibility index (Phi) is 5.68. The van der Waals surface area contributed by atoms with Crippen molar-refractivity contribution in [1.29, 1.82) is 0 Å². The normalized spacial score (nSPS) is 20.3. The van der Waals surface area contributed by atoms with E-state index in [1.807, 2.05) is 13.2 Å². The fourth-order valence-corrected chi connectivity index (χ4v) is 1.90. The van der Waals surface area contributed by atoms with Crippen LogP contribution in [-0.4, -0.2) is 56.7 Å². The molecule has 2 N–H and O–H groups in total. The third kappa shape index (κ3) is 4.64. The number of hydrazine groups is 1. The minimum atomic E-state index is 0.760. The Bertz CT molecular complexity index is 183. The Balaban J connectivity index is 2.12. The van der Waals surface area contributed by atoms with Crippen LogP contribution in [0.2, 0.25) is 0 Å². The quantitative estimate of drug-likeness (QED) is 0.684. The molecule has 1 aliphatic rings. The fourth-order valence-electron chi connectivity index (χ4n) is 1.90. The summed E-state index contributed by atoms with van der Waals surface area (Å²) in [5.41, 5.74) is 3.40. The zero-order chi connectivity index (χ0) is 11.1. The molecule has 4 nitrogen and oxygen atoms in total. The first-order valence-corrected chi connectivity index (χ1v) is 5.71. The average molecular weight is 212 g/mol. The summed E-state index contributed by atoms with van der Waals surface area (Å²) >= 11 is 0. The second kappa shape index (κ2) is 6.82. The third-order valence-electron chi connectivity index (χ3n) is 2.91. The summed E-state index contributed by atoms with van der Waals surface area (Å²) in [5.74, 6) is 0. The molecule has 1 aliphatic heterocycles. The van der Waals surface area contributed by atoms with Gasteiger partial charge < -0.3 is 10.2 Å². The minimum absolute atomic E-state index is 0.760. The van der Waals surface area contributed by atoms with Crippen molar-refractivity contribution < 1.29 is 0 Å². The molecule has 15 heavy (non-hydrogen) atoms. The van der Waals surface area contributed by atoms with Crippen molar-refractivity contribution in [3.05, 3.63) is 12.3 Å². The summed E-state index contributed by atoms with van der Waals surface area (Å²) in [7, 11) is 6.26. The van der Waals surface area contributed by atoms with Gasteiger partial charge >= 0.3 is 0 Å². The molecule has 1 rings (SSSR count). The lowest BCUT2D eigenvalue weighted by molar-refractivity contribution is 0.106. The van der Waals surface area contributed by atoms with Crippen molar-refractivity contribution in [1.82, 2.24) is 20.7 Å². The van der Waals surface area contributed by atoms with Crippen molar-refractivity contribution in [3.8, 4) is 0 Å². The molecule has 0 aromatic carbocycles. The monoisotopic (exact) mass is 212 g/mol. The summed E-state index contributed by atoms with van der Waals surface area (Å²) in [5, 5.41) is 5.30. The van der Waals surface area contributed by atoms with Crippen LogP contribution < -0.4 is 10.7 Å². The maximum absolute atomic E-state index is 3.40. The third-order valence-corrected chi connectivity index (χ3v) is 2.91. The largest absolute Gasteiger partial charge is 0.394 e. The van der Waals surface area contributed by atoms with Gasteiger partial charge in [0.25, 0.3) is 0 Å². The first-order valence-electron chi connectivity index (χ1n) is 5.71. The molecule has 0 amide bonds. The molecule has 1 saturated heterocycles. The molecule has 0 atom stereocenters. The number of hydrogen-bond acceptors (Lipinski definition) is 4. The van der Waals surface area contributed by atoms with E-state index in [0.29, 0.717) is 0 Å². The zero-order valence-electron chi connectivity index (χ0n) is 10.2. The molecule has 1 heterocycles. The number of rotatable bonds is 5. The van der Waals surface area contributed by atoms with Gasteiger partial charge in [0.15, 0.2) is 0 Å². The summed E-state index contributed by atoms with van der Waals surface area (Å²) in [4.78, 5) is 2.33. The lowest BCUT2D eigenvalue weighted by Gasteiger charge is -2.35. The number of nitrogens with zero attached hydrogens (tertiary/aromatic N) is 2. The van der Waals surface area contributed by atoms with Crippen molar-refractivity contribution >= 4 is 0 Å². The van der Waals surface area contributed by atoms with Gasteiger partial charge in [0.05, 0.1) is 0 Å². The number of hydrogen-bond donors (Lipinski definition) is 2. The summed E-state index contributed by atoms with van der Waals surface area (Å²) in [6.45, 7) is 3.21. The second-order valence-electron chi connectivity index (χ2n) is 4.24. The van der Waals surface area contributed by atoms with Gasteiger partial charge in [0.1, 0.15) is 0 Å². The van der Waals surface area contributed by atoms with Crippen LogP contribution in [0.15, 0.2) is 12.3 Å². The van der Waals surface area contributed by atoms with Gasteiger partial charge in [-0.3, -0.25) is 5.43 Å². The standard InChI is InChI=1S/C11H24N4/c1-12-7-4-8-13-15-9-5-11(6-10-15)14(2)3/h4,7,11-13H,5-6,8-10H2,1-3H3/b7-4-. The Labute approximate surface area is 93.3 Å². The predicted octanol–water partition coefficient (Wildman–Crippen LogP) is 0.250. The van der Waals surface area contributed by atoms with Crippen molar-refractivity contribution in [3.63, 3.8) is 0 Å². The maximum atomic E-state index is 3.40. The minimum Gasteiger partial charge on any atom is -0.394 e. The molecule has 0 radical (unpaired) electrons. The first kappa shape index (κ1) is 12.5. The van der Waals surface area contributed by atoms with E-state index in [4.69, 9.17) is 0 Å². The molecule has 4 heteroatoms. The van der Waals surface area contributed by atoms with Gasteiger partial charge in [-0.2, -0.15) is 0 Å². The van der Waals surface area contributed by atoms with Crippen LogP contribution in [-0.2, 0) is 0 Å². The molecule has 88 valence electrons. The summed E-state index contributed by atoms with van der Waals surface area (Å²) < 4.78 is 0. The molecular weight excluding hydrogens is 188 g/mol. The molecule has 0 spiro atoms. The van der Waals surface area contributed by atoms with E-state index in [9.17, 15) is 0 Å². The van der Waals surface area contributed by atoms with Gasteiger partial charge in [-0.1, -0.05) is 6.08 Å². The summed E-state index contributed by atoms with van der Waals surface area (Å²) in [6, 6.07) is 0.760. The first-order chi connectivity index (χ1) is 7.24. The topological polar surface area (TPSA) is 30.5 Å². The molecule has 0 bridgehead atoms. The molecule has 0 saturated carbocycles. The number of nitrogens with one attached hydrogen (secondary N) is 2. The maximum Gasteiger partial charge on any atom is 0.0300 e. The molecule has 0 aliphatic carbocycles.